The van der Waals surface area contributed by atoms with Crippen molar-refractivity contribution in [3.05, 3.63) is 59.7 Å². The number of carbonyl (C=O) groups is 3. The van der Waals surface area contributed by atoms with Gasteiger partial charge in [0.2, 0.25) is 5.91 Å². The van der Waals surface area contributed by atoms with Crippen molar-refractivity contribution in [3.8, 4) is 11.1 Å². The van der Waals surface area contributed by atoms with Crippen LogP contribution in [0, 0.1) is 11.8 Å². The molecule has 35 heavy (non-hydrogen) atoms. The van der Waals surface area contributed by atoms with E-state index >= 15 is 0 Å². The molecule has 2 aromatic carbocycles. The van der Waals surface area contributed by atoms with E-state index in [4.69, 9.17) is 9.57 Å². The summed E-state index contributed by atoms with van der Waals surface area (Å²) < 4.78 is 5.65. The smallest absolute Gasteiger partial charge is 0.407 e. The molecule has 0 heterocycles. The van der Waals surface area contributed by atoms with Crippen molar-refractivity contribution in [2.24, 2.45) is 11.8 Å². The molecule has 3 N–H and O–H groups in total. The molecule has 2 amide bonds. The van der Waals surface area contributed by atoms with Crippen LogP contribution < -0.4 is 10.8 Å². The highest BCUT2D eigenvalue weighted by atomic mass is 16.7. The molecule has 0 bridgehead atoms. The van der Waals surface area contributed by atoms with E-state index in [9.17, 15) is 19.5 Å². The van der Waals surface area contributed by atoms with Crippen LogP contribution in [0.3, 0.4) is 0 Å². The van der Waals surface area contributed by atoms with Crippen LogP contribution in [-0.4, -0.2) is 41.8 Å². The summed E-state index contributed by atoms with van der Waals surface area (Å²) in [6, 6.07) is 15.9. The normalized spacial score (nSPS) is 21.9. The molecule has 0 saturated heterocycles. The molecule has 5 rings (SSSR count). The average molecular weight is 479 g/mol. The number of nitrogens with one attached hydrogen (secondary N) is 2. The van der Waals surface area contributed by atoms with Crippen LogP contribution in [0.5, 0.6) is 0 Å². The van der Waals surface area contributed by atoms with E-state index in [0.717, 1.165) is 47.9 Å². The summed E-state index contributed by atoms with van der Waals surface area (Å²) in [5, 5.41) is 12.2. The van der Waals surface area contributed by atoms with Crippen molar-refractivity contribution in [2.45, 2.75) is 56.6 Å². The second kappa shape index (κ2) is 10.1. The number of carbonyl (C=O) groups excluding carboxylic acids is 2. The van der Waals surface area contributed by atoms with Crippen molar-refractivity contribution >= 4 is 18.0 Å². The predicted molar refractivity (Wildman–Crippen MR) is 127 cm³/mol. The fourth-order valence-electron chi connectivity index (χ4n) is 5.35. The van der Waals surface area contributed by atoms with Gasteiger partial charge in [0.05, 0.1) is 5.92 Å². The lowest BCUT2D eigenvalue weighted by atomic mass is 9.84. The Morgan fingerprint density at radius 1 is 0.914 bits per heavy atom. The van der Waals surface area contributed by atoms with Gasteiger partial charge < -0.3 is 15.2 Å². The SMILES string of the molecule is O=C(N[C@@H]1CCCC[C@@H]1C(=O)NOC(C(=O)O)C1CC1)OCC1c2ccccc2-c2ccccc21. The van der Waals surface area contributed by atoms with Crippen molar-refractivity contribution in [1.29, 1.82) is 0 Å². The number of hydrogen-bond donors (Lipinski definition) is 3. The number of fused-ring (bicyclic) bond motifs is 3. The van der Waals surface area contributed by atoms with Gasteiger partial charge in [-0.25, -0.2) is 15.1 Å². The van der Waals surface area contributed by atoms with Crippen molar-refractivity contribution < 1.29 is 29.1 Å². The maximum atomic E-state index is 12.8. The molecule has 2 saturated carbocycles. The lowest BCUT2D eigenvalue weighted by Gasteiger charge is -2.31. The first-order valence-corrected chi connectivity index (χ1v) is 12.3. The van der Waals surface area contributed by atoms with Crippen LogP contribution in [0.15, 0.2) is 48.5 Å². The zero-order valence-corrected chi connectivity index (χ0v) is 19.4. The van der Waals surface area contributed by atoms with Gasteiger partial charge >= 0.3 is 12.1 Å². The minimum Gasteiger partial charge on any atom is -0.479 e. The van der Waals surface area contributed by atoms with Crippen LogP contribution in [0.2, 0.25) is 0 Å². The van der Waals surface area contributed by atoms with Gasteiger partial charge in [-0.15, -0.1) is 0 Å². The minimum atomic E-state index is -1.08. The number of hydrogen-bond acceptors (Lipinski definition) is 5. The van der Waals surface area contributed by atoms with Crippen molar-refractivity contribution in [1.82, 2.24) is 10.8 Å². The molecule has 184 valence electrons. The summed E-state index contributed by atoms with van der Waals surface area (Å²) in [5.74, 6) is -2.08. The second-order valence-corrected chi connectivity index (χ2v) is 9.65. The fraction of sp³-hybridized carbons (Fsp3) is 0.444. The lowest BCUT2D eigenvalue weighted by Crippen LogP contribution is -2.49. The van der Waals surface area contributed by atoms with E-state index < -0.39 is 36.0 Å². The van der Waals surface area contributed by atoms with Gasteiger partial charge in [-0.1, -0.05) is 61.4 Å². The van der Waals surface area contributed by atoms with E-state index in [1.807, 2.05) is 24.3 Å². The number of carboxylic acids is 1. The number of benzene rings is 2. The maximum Gasteiger partial charge on any atom is 0.407 e. The van der Waals surface area contributed by atoms with Crippen LogP contribution in [0.1, 0.15) is 55.6 Å². The number of rotatable bonds is 8. The molecule has 0 aromatic heterocycles. The molecule has 8 heteroatoms. The van der Waals surface area contributed by atoms with Crippen LogP contribution in [0.25, 0.3) is 11.1 Å². The summed E-state index contributed by atoms with van der Waals surface area (Å²) in [6.07, 6.45) is 2.95. The van der Waals surface area contributed by atoms with Gasteiger partial charge in [-0.05, 0) is 53.9 Å². The number of alkyl carbamates (subject to hydrolysis) is 1. The Balaban J connectivity index is 1.18. The number of ether oxygens (including phenoxy) is 1. The van der Waals surface area contributed by atoms with E-state index in [0.29, 0.717) is 12.8 Å². The van der Waals surface area contributed by atoms with Crippen molar-refractivity contribution in [3.63, 3.8) is 0 Å². The van der Waals surface area contributed by atoms with Crippen LogP contribution in [-0.2, 0) is 19.2 Å². The zero-order chi connectivity index (χ0) is 24.4. The zero-order valence-electron chi connectivity index (χ0n) is 19.4. The Morgan fingerprint density at radius 3 is 2.17 bits per heavy atom. The minimum absolute atomic E-state index is 0.0395. The third kappa shape index (κ3) is 5.03. The Kier molecular flexibility index (Phi) is 6.72. The Hall–Kier alpha value is -3.39. The summed E-state index contributed by atoms with van der Waals surface area (Å²) in [4.78, 5) is 42.1. The molecule has 2 fully saturated rings. The molecule has 0 aliphatic heterocycles. The molecule has 1 unspecified atom stereocenters. The van der Waals surface area contributed by atoms with Crippen molar-refractivity contribution in [2.75, 3.05) is 6.61 Å². The Bertz CT molecular complexity index is 1070. The monoisotopic (exact) mass is 478 g/mol. The quantitative estimate of drug-likeness (QED) is 0.494. The van der Waals surface area contributed by atoms with Gasteiger partial charge in [0, 0.05) is 12.0 Å². The van der Waals surface area contributed by atoms with E-state index in [1.54, 1.807) is 0 Å². The number of aliphatic carboxylic acids is 1. The second-order valence-electron chi connectivity index (χ2n) is 9.65. The molecular weight excluding hydrogens is 448 g/mol. The summed E-state index contributed by atoms with van der Waals surface area (Å²) in [5.41, 5.74) is 6.94. The standard InChI is InChI=1S/C27H30N2O6/c30-25(29-35-24(26(31)32)16-13-14-16)21-11-5-6-12-23(21)28-27(33)34-15-22-19-9-3-1-7-17(19)18-8-2-4-10-20(18)22/h1-4,7-10,16,21-24H,5-6,11-15H2,(H,28,33)(H,29,30)(H,31,32)/t21-,23+,24?/m0/s1. The van der Waals surface area contributed by atoms with E-state index in [-0.39, 0.29) is 18.4 Å². The van der Waals surface area contributed by atoms with Gasteiger partial charge in [-0.3, -0.25) is 9.63 Å². The van der Waals surface area contributed by atoms with Gasteiger partial charge in [-0.2, -0.15) is 0 Å². The Morgan fingerprint density at radius 2 is 1.54 bits per heavy atom. The van der Waals surface area contributed by atoms with Crippen LogP contribution >= 0.6 is 0 Å². The Labute approximate surface area is 204 Å². The van der Waals surface area contributed by atoms with E-state index in [2.05, 4.69) is 35.1 Å². The number of amides is 2. The first kappa shape index (κ1) is 23.4. The first-order valence-electron chi connectivity index (χ1n) is 12.3. The molecule has 3 aliphatic rings. The highest BCUT2D eigenvalue weighted by Gasteiger charge is 2.39. The number of hydroxylamine groups is 1. The summed E-state index contributed by atoms with van der Waals surface area (Å²) in [6.45, 7) is 0.203. The third-order valence-electron chi connectivity index (χ3n) is 7.33. The van der Waals surface area contributed by atoms with Gasteiger partial charge in [0.15, 0.2) is 6.10 Å². The highest BCUT2D eigenvalue weighted by Crippen LogP contribution is 2.44. The molecule has 3 aliphatic carbocycles. The summed E-state index contributed by atoms with van der Waals surface area (Å²) in [7, 11) is 0. The highest BCUT2D eigenvalue weighted by molar-refractivity contribution is 5.81. The molecule has 0 spiro atoms. The topological polar surface area (TPSA) is 114 Å². The molecule has 3 atom stereocenters. The summed E-state index contributed by atoms with van der Waals surface area (Å²) >= 11 is 0. The van der Waals surface area contributed by atoms with Gasteiger partial charge in [0.25, 0.3) is 0 Å². The largest absolute Gasteiger partial charge is 0.479 e. The molecule has 0 radical (unpaired) electrons. The number of carboxylic acid groups (broad SMARTS) is 1. The average Bonchev–Trinajstić information content (AvgIpc) is 3.65. The predicted octanol–water partition coefficient (Wildman–Crippen LogP) is 3.99. The molecule has 2 aromatic rings. The third-order valence-corrected chi connectivity index (χ3v) is 7.33. The molecule has 8 nitrogen and oxygen atoms in total. The maximum absolute atomic E-state index is 12.8. The first-order chi connectivity index (χ1) is 17.0. The van der Waals surface area contributed by atoms with Crippen LogP contribution in [0.4, 0.5) is 4.79 Å². The lowest BCUT2D eigenvalue weighted by molar-refractivity contribution is -0.164. The fourth-order valence-corrected chi connectivity index (χ4v) is 5.35. The van der Waals surface area contributed by atoms with E-state index in [1.165, 1.54) is 0 Å². The molecular formula is C27H30N2O6. The van der Waals surface area contributed by atoms with Gasteiger partial charge in [0.1, 0.15) is 6.61 Å².